The van der Waals surface area contributed by atoms with E-state index < -0.39 is 5.82 Å². The van der Waals surface area contributed by atoms with Crippen molar-refractivity contribution < 1.29 is 13.9 Å². The smallest absolute Gasteiger partial charge is 0.146 e. The van der Waals surface area contributed by atoms with E-state index in [0.717, 1.165) is 11.1 Å². The van der Waals surface area contributed by atoms with Crippen molar-refractivity contribution in [1.82, 2.24) is 0 Å². The molecule has 2 rings (SSSR count). The van der Waals surface area contributed by atoms with E-state index in [-0.39, 0.29) is 5.69 Å². The molecule has 0 spiro atoms. The van der Waals surface area contributed by atoms with Crippen LogP contribution >= 0.6 is 0 Å². The molecule has 0 saturated heterocycles. The van der Waals surface area contributed by atoms with Gasteiger partial charge >= 0.3 is 0 Å². The molecular weight excluding hydrogens is 245 g/mol. The van der Waals surface area contributed by atoms with Crippen LogP contribution in [0.25, 0.3) is 11.1 Å². The monoisotopic (exact) mass is 261 g/mol. The molecule has 0 unspecified atom stereocenters. The number of benzene rings is 2. The zero-order chi connectivity index (χ0) is 13.7. The van der Waals surface area contributed by atoms with Crippen LogP contribution in [-0.4, -0.2) is 20.3 Å². The first-order chi connectivity index (χ1) is 9.22. The second kappa shape index (κ2) is 6.20. The van der Waals surface area contributed by atoms with E-state index >= 15 is 0 Å². The molecular formula is C15H16FNO2. The molecule has 0 fully saturated rings. The summed E-state index contributed by atoms with van der Waals surface area (Å²) in [6.45, 7) is 0.954. The fourth-order valence-corrected chi connectivity index (χ4v) is 1.76. The zero-order valence-electron chi connectivity index (χ0n) is 10.7. The van der Waals surface area contributed by atoms with E-state index in [1.165, 1.54) is 6.07 Å². The maximum atomic E-state index is 13.5. The van der Waals surface area contributed by atoms with Gasteiger partial charge in [0.15, 0.2) is 0 Å². The number of nitrogen functional groups attached to an aromatic ring is 1. The molecule has 0 saturated carbocycles. The fraction of sp³-hybridized carbons (Fsp3) is 0.200. The number of nitrogens with two attached hydrogens (primary N) is 1. The summed E-state index contributed by atoms with van der Waals surface area (Å²) in [5.74, 6) is 0.271. The lowest BCUT2D eigenvalue weighted by molar-refractivity contribution is 0.146. The molecule has 0 radical (unpaired) electrons. The summed E-state index contributed by atoms with van der Waals surface area (Å²) in [6, 6.07) is 12.2. The Bertz CT molecular complexity index is 558. The molecule has 4 heteroatoms. The summed E-state index contributed by atoms with van der Waals surface area (Å²) in [5, 5.41) is 0. The third kappa shape index (κ3) is 3.23. The molecule has 0 aliphatic carbocycles. The maximum Gasteiger partial charge on any atom is 0.146 e. The first-order valence-corrected chi connectivity index (χ1v) is 5.98. The molecule has 0 atom stereocenters. The number of methoxy groups -OCH3 is 1. The van der Waals surface area contributed by atoms with Crippen LogP contribution in [0.3, 0.4) is 0 Å². The molecule has 2 aromatic rings. The first kappa shape index (κ1) is 13.4. The van der Waals surface area contributed by atoms with Crippen molar-refractivity contribution in [3.05, 3.63) is 48.3 Å². The van der Waals surface area contributed by atoms with E-state index in [1.54, 1.807) is 19.2 Å². The average molecular weight is 261 g/mol. The van der Waals surface area contributed by atoms with Crippen LogP contribution in [0.15, 0.2) is 42.5 Å². The molecule has 100 valence electrons. The highest BCUT2D eigenvalue weighted by atomic mass is 19.1. The molecule has 0 bridgehead atoms. The van der Waals surface area contributed by atoms with Gasteiger partial charge in [-0.2, -0.15) is 0 Å². The van der Waals surface area contributed by atoms with Gasteiger partial charge in [-0.05, 0) is 23.8 Å². The molecule has 2 N–H and O–H groups in total. The second-order valence-corrected chi connectivity index (χ2v) is 4.07. The maximum absolute atomic E-state index is 13.5. The van der Waals surface area contributed by atoms with Gasteiger partial charge in [0.25, 0.3) is 0 Å². The van der Waals surface area contributed by atoms with Crippen molar-refractivity contribution in [1.29, 1.82) is 0 Å². The summed E-state index contributed by atoms with van der Waals surface area (Å²) >= 11 is 0. The van der Waals surface area contributed by atoms with Crippen molar-refractivity contribution in [3.8, 4) is 16.9 Å². The Morgan fingerprint density at radius 1 is 1.11 bits per heavy atom. The molecule has 2 aromatic carbocycles. The molecule has 0 heterocycles. The lowest BCUT2D eigenvalue weighted by Crippen LogP contribution is -2.05. The third-order valence-electron chi connectivity index (χ3n) is 2.74. The van der Waals surface area contributed by atoms with Gasteiger partial charge in [-0.25, -0.2) is 4.39 Å². The minimum absolute atomic E-state index is 0.140. The second-order valence-electron chi connectivity index (χ2n) is 4.07. The van der Waals surface area contributed by atoms with Gasteiger partial charge in [-0.3, -0.25) is 0 Å². The lowest BCUT2D eigenvalue weighted by Gasteiger charge is -2.11. The topological polar surface area (TPSA) is 44.5 Å². The summed E-state index contributed by atoms with van der Waals surface area (Å²) in [6.07, 6.45) is 0. The minimum atomic E-state index is -0.427. The number of anilines is 1. The van der Waals surface area contributed by atoms with Crippen molar-refractivity contribution >= 4 is 5.69 Å². The summed E-state index contributed by atoms with van der Waals surface area (Å²) in [7, 11) is 1.62. The van der Waals surface area contributed by atoms with Crippen LogP contribution in [-0.2, 0) is 4.74 Å². The summed E-state index contributed by atoms with van der Waals surface area (Å²) in [4.78, 5) is 0. The Morgan fingerprint density at radius 3 is 2.63 bits per heavy atom. The third-order valence-corrected chi connectivity index (χ3v) is 2.74. The highest BCUT2D eigenvalue weighted by molar-refractivity contribution is 5.71. The van der Waals surface area contributed by atoms with E-state index in [2.05, 4.69) is 0 Å². The van der Waals surface area contributed by atoms with Crippen molar-refractivity contribution in [3.63, 3.8) is 0 Å². The van der Waals surface area contributed by atoms with Gasteiger partial charge in [-0.1, -0.05) is 24.3 Å². The Labute approximate surface area is 111 Å². The van der Waals surface area contributed by atoms with Gasteiger partial charge in [0.05, 0.1) is 12.3 Å². The molecule has 19 heavy (non-hydrogen) atoms. The Morgan fingerprint density at radius 2 is 1.89 bits per heavy atom. The van der Waals surface area contributed by atoms with Crippen molar-refractivity contribution in [2.45, 2.75) is 0 Å². The van der Waals surface area contributed by atoms with Gasteiger partial charge in [0.1, 0.15) is 18.2 Å². The fourth-order valence-electron chi connectivity index (χ4n) is 1.76. The van der Waals surface area contributed by atoms with Gasteiger partial charge in [0.2, 0.25) is 0 Å². The average Bonchev–Trinajstić information content (AvgIpc) is 2.43. The Balaban J connectivity index is 2.30. The van der Waals surface area contributed by atoms with Crippen LogP contribution in [0.1, 0.15) is 0 Å². The molecule has 0 aromatic heterocycles. The van der Waals surface area contributed by atoms with Crippen LogP contribution < -0.4 is 10.5 Å². The standard InChI is InChI=1S/C15H16FNO2/c1-18-8-9-19-15-5-3-2-4-12(15)11-6-7-14(17)13(16)10-11/h2-7,10H,8-9,17H2,1H3. The zero-order valence-corrected chi connectivity index (χ0v) is 10.7. The number of rotatable bonds is 5. The van der Waals surface area contributed by atoms with Gasteiger partial charge in [0, 0.05) is 12.7 Å². The first-order valence-electron chi connectivity index (χ1n) is 5.98. The number of hydrogen-bond acceptors (Lipinski definition) is 3. The highest BCUT2D eigenvalue weighted by Gasteiger charge is 2.08. The number of halogens is 1. The number of ether oxygens (including phenoxy) is 2. The number of para-hydroxylation sites is 1. The van der Waals surface area contributed by atoms with E-state index in [4.69, 9.17) is 15.2 Å². The summed E-state index contributed by atoms with van der Waals surface area (Å²) in [5.41, 5.74) is 7.19. The van der Waals surface area contributed by atoms with Gasteiger partial charge in [-0.15, -0.1) is 0 Å². The van der Waals surface area contributed by atoms with Crippen LogP contribution in [0.2, 0.25) is 0 Å². The van der Waals surface area contributed by atoms with Crippen molar-refractivity contribution in [2.75, 3.05) is 26.1 Å². The normalized spacial score (nSPS) is 10.4. The largest absolute Gasteiger partial charge is 0.491 e. The van der Waals surface area contributed by atoms with Crippen molar-refractivity contribution in [2.24, 2.45) is 0 Å². The minimum Gasteiger partial charge on any atom is -0.491 e. The van der Waals surface area contributed by atoms with E-state index in [9.17, 15) is 4.39 Å². The number of hydrogen-bond donors (Lipinski definition) is 1. The van der Waals surface area contributed by atoms with Crippen LogP contribution in [0.5, 0.6) is 5.75 Å². The van der Waals surface area contributed by atoms with E-state index in [0.29, 0.717) is 19.0 Å². The lowest BCUT2D eigenvalue weighted by atomic mass is 10.0. The summed E-state index contributed by atoms with van der Waals surface area (Å²) < 4.78 is 24.1. The highest BCUT2D eigenvalue weighted by Crippen LogP contribution is 2.31. The molecule has 0 amide bonds. The molecule has 0 aliphatic heterocycles. The Kier molecular flexibility index (Phi) is 4.36. The predicted octanol–water partition coefficient (Wildman–Crippen LogP) is 3.10. The van der Waals surface area contributed by atoms with Crippen LogP contribution in [0.4, 0.5) is 10.1 Å². The van der Waals surface area contributed by atoms with Gasteiger partial charge < -0.3 is 15.2 Å². The van der Waals surface area contributed by atoms with E-state index in [1.807, 2.05) is 24.3 Å². The quantitative estimate of drug-likeness (QED) is 0.664. The Hall–Kier alpha value is -2.07. The predicted molar refractivity (Wildman–Crippen MR) is 73.6 cm³/mol. The molecule has 0 aliphatic rings. The SMILES string of the molecule is COCCOc1ccccc1-c1ccc(N)c(F)c1. The van der Waals surface area contributed by atoms with Crippen LogP contribution in [0, 0.1) is 5.82 Å². The molecule has 3 nitrogen and oxygen atoms in total.